The van der Waals surface area contributed by atoms with Crippen LogP contribution in [-0.2, 0) is 0 Å². The van der Waals surface area contributed by atoms with Crippen LogP contribution in [0.1, 0.15) is 31.9 Å². The highest BCUT2D eigenvalue weighted by molar-refractivity contribution is 5.55. The summed E-state index contributed by atoms with van der Waals surface area (Å²) in [6.45, 7) is 4.26. The van der Waals surface area contributed by atoms with Crippen LogP contribution in [0.4, 0.5) is 5.69 Å². The lowest BCUT2D eigenvalue weighted by molar-refractivity contribution is 0.706. The van der Waals surface area contributed by atoms with Gasteiger partial charge in [-0.1, -0.05) is 6.92 Å². The van der Waals surface area contributed by atoms with Crippen LogP contribution in [0.25, 0.3) is 0 Å². The molecule has 3 nitrogen and oxygen atoms in total. The molecule has 0 N–H and O–H groups in total. The zero-order valence-corrected chi connectivity index (χ0v) is 9.69. The van der Waals surface area contributed by atoms with Crippen LogP contribution in [0, 0.1) is 17.2 Å². The Bertz CT molecular complexity index is 390. The standard InChI is InChI=1S/C13H17N3/c1-2-8-16(10-11-5-6-11)13-4-3-7-15-12(13)9-14/h3-4,7,11H,2,5-6,8,10H2,1H3. The second-order valence-electron chi connectivity index (χ2n) is 4.37. The van der Waals surface area contributed by atoms with E-state index < -0.39 is 0 Å². The number of rotatable bonds is 5. The number of anilines is 1. The molecule has 1 aliphatic carbocycles. The van der Waals surface area contributed by atoms with Gasteiger partial charge in [-0.25, -0.2) is 4.98 Å². The molecule has 0 atom stereocenters. The van der Waals surface area contributed by atoms with Gasteiger partial charge in [0.05, 0.1) is 5.69 Å². The maximum Gasteiger partial charge on any atom is 0.163 e. The molecule has 0 radical (unpaired) electrons. The second-order valence-corrected chi connectivity index (χ2v) is 4.37. The van der Waals surface area contributed by atoms with E-state index in [2.05, 4.69) is 22.9 Å². The summed E-state index contributed by atoms with van der Waals surface area (Å²) in [5.41, 5.74) is 1.55. The van der Waals surface area contributed by atoms with Gasteiger partial charge in [0.2, 0.25) is 0 Å². The summed E-state index contributed by atoms with van der Waals surface area (Å²) in [7, 11) is 0. The Morgan fingerprint density at radius 2 is 2.38 bits per heavy atom. The molecule has 2 rings (SSSR count). The molecular formula is C13H17N3. The van der Waals surface area contributed by atoms with Crippen molar-refractivity contribution in [2.75, 3.05) is 18.0 Å². The molecule has 1 aromatic heterocycles. The molecule has 1 aliphatic rings. The third-order valence-corrected chi connectivity index (χ3v) is 2.90. The van der Waals surface area contributed by atoms with E-state index in [4.69, 9.17) is 5.26 Å². The van der Waals surface area contributed by atoms with Crippen LogP contribution >= 0.6 is 0 Å². The second kappa shape index (κ2) is 4.98. The van der Waals surface area contributed by atoms with E-state index in [1.807, 2.05) is 12.1 Å². The van der Waals surface area contributed by atoms with E-state index in [0.29, 0.717) is 5.69 Å². The molecule has 0 spiro atoms. The fourth-order valence-electron chi connectivity index (χ4n) is 1.93. The summed E-state index contributed by atoms with van der Waals surface area (Å²) >= 11 is 0. The Kier molecular flexibility index (Phi) is 3.40. The first-order valence-electron chi connectivity index (χ1n) is 5.95. The maximum atomic E-state index is 9.05. The topological polar surface area (TPSA) is 39.9 Å². The van der Waals surface area contributed by atoms with Gasteiger partial charge < -0.3 is 4.90 Å². The van der Waals surface area contributed by atoms with Gasteiger partial charge in [0.1, 0.15) is 6.07 Å². The van der Waals surface area contributed by atoms with Crippen molar-refractivity contribution in [1.82, 2.24) is 4.98 Å². The van der Waals surface area contributed by atoms with Gasteiger partial charge >= 0.3 is 0 Å². The number of nitrogens with zero attached hydrogens (tertiary/aromatic N) is 3. The number of nitriles is 1. The van der Waals surface area contributed by atoms with Crippen molar-refractivity contribution in [3.8, 4) is 6.07 Å². The third-order valence-electron chi connectivity index (χ3n) is 2.90. The Labute approximate surface area is 96.7 Å². The first kappa shape index (κ1) is 10.9. The van der Waals surface area contributed by atoms with Crippen molar-refractivity contribution >= 4 is 5.69 Å². The fourth-order valence-corrected chi connectivity index (χ4v) is 1.93. The van der Waals surface area contributed by atoms with E-state index in [1.165, 1.54) is 12.8 Å². The van der Waals surface area contributed by atoms with Crippen molar-refractivity contribution < 1.29 is 0 Å². The largest absolute Gasteiger partial charge is 0.369 e. The van der Waals surface area contributed by atoms with Gasteiger partial charge in [0.15, 0.2) is 5.69 Å². The molecule has 0 bridgehead atoms. The number of hydrogen-bond acceptors (Lipinski definition) is 3. The van der Waals surface area contributed by atoms with E-state index in [-0.39, 0.29) is 0 Å². The zero-order valence-electron chi connectivity index (χ0n) is 9.69. The van der Waals surface area contributed by atoms with Crippen molar-refractivity contribution in [2.24, 2.45) is 5.92 Å². The first-order chi connectivity index (χ1) is 7.85. The van der Waals surface area contributed by atoms with E-state index >= 15 is 0 Å². The maximum absolute atomic E-state index is 9.05. The number of pyridine rings is 1. The van der Waals surface area contributed by atoms with Crippen LogP contribution in [0.3, 0.4) is 0 Å². The smallest absolute Gasteiger partial charge is 0.163 e. The lowest BCUT2D eigenvalue weighted by atomic mass is 10.2. The quantitative estimate of drug-likeness (QED) is 0.758. The summed E-state index contributed by atoms with van der Waals surface area (Å²) in [4.78, 5) is 6.43. The Balaban J connectivity index is 2.19. The Morgan fingerprint density at radius 1 is 1.56 bits per heavy atom. The Morgan fingerprint density at radius 3 is 3.00 bits per heavy atom. The monoisotopic (exact) mass is 215 g/mol. The molecular weight excluding hydrogens is 198 g/mol. The molecule has 1 saturated carbocycles. The van der Waals surface area contributed by atoms with Crippen molar-refractivity contribution in [1.29, 1.82) is 5.26 Å². The fraction of sp³-hybridized carbons (Fsp3) is 0.538. The van der Waals surface area contributed by atoms with Gasteiger partial charge in [-0.05, 0) is 37.3 Å². The highest BCUT2D eigenvalue weighted by Gasteiger charge is 2.25. The highest BCUT2D eigenvalue weighted by atomic mass is 15.1. The zero-order chi connectivity index (χ0) is 11.4. The number of hydrogen-bond donors (Lipinski definition) is 0. The molecule has 0 aromatic carbocycles. The molecule has 0 saturated heterocycles. The number of aromatic nitrogens is 1. The minimum atomic E-state index is 0.552. The average molecular weight is 215 g/mol. The molecule has 84 valence electrons. The van der Waals surface area contributed by atoms with E-state index in [1.54, 1.807) is 6.20 Å². The average Bonchev–Trinajstić information content (AvgIpc) is 3.12. The van der Waals surface area contributed by atoms with Crippen LogP contribution in [-0.4, -0.2) is 18.1 Å². The van der Waals surface area contributed by atoms with Gasteiger partial charge in [0, 0.05) is 19.3 Å². The third kappa shape index (κ3) is 2.52. The van der Waals surface area contributed by atoms with E-state index in [0.717, 1.165) is 31.1 Å². The van der Waals surface area contributed by atoms with Crippen LogP contribution in [0.15, 0.2) is 18.3 Å². The lowest BCUT2D eigenvalue weighted by Gasteiger charge is -2.24. The summed E-state index contributed by atoms with van der Waals surface area (Å²) in [6.07, 6.45) is 5.46. The predicted molar refractivity (Wildman–Crippen MR) is 64.2 cm³/mol. The minimum absolute atomic E-state index is 0.552. The summed E-state index contributed by atoms with van der Waals surface area (Å²) in [5, 5.41) is 9.05. The molecule has 3 heteroatoms. The molecule has 1 aromatic rings. The SMILES string of the molecule is CCCN(CC1CC1)c1cccnc1C#N. The first-order valence-corrected chi connectivity index (χ1v) is 5.95. The lowest BCUT2D eigenvalue weighted by Crippen LogP contribution is -2.27. The summed E-state index contributed by atoms with van der Waals surface area (Å²) in [5.74, 6) is 0.832. The highest BCUT2D eigenvalue weighted by Crippen LogP contribution is 2.32. The van der Waals surface area contributed by atoms with Crippen molar-refractivity contribution in [2.45, 2.75) is 26.2 Å². The molecule has 16 heavy (non-hydrogen) atoms. The molecule has 1 heterocycles. The molecule has 1 fully saturated rings. The Hall–Kier alpha value is -1.56. The van der Waals surface area contributed by atoms with Crippen molar-refractivity contribution in [3.63, 3.8) is 0 Å². The van der Waals surface area contributed by atoms with Gasteiger partial charge in [0.25, 0.3) is 0 Å². The molecule has 0 unspecified atom stereocenters. The van der Waals surface area contributed by atoms with Crippen LogP contribution in [0.2, 0.25) is 0 Å². The van der Waals surface area contributed by atoms with Crippen molar-refractivity contribution in [3.05, 3.63) is 24.0 Å². The van der Waals surface area contributed by atoms with Gasteiger partial charge in [-0.15, -0.1) is 0 Å². The van der Waals surface area contributed by atoms with Gasteiger partial charge in [-0.3, -0.25) is 0 Å². The molecule has 0 amide bonds. The summed E-state index contributed by atoms with van der Waals surface area (Å²) < 4.78 is 0. The predicted octanol–water partition coefficient (Wildman–Crippen LogP) is 2.58. The van der Waals surface area contributed by atoms with Gasteiger partial charge in [-0.2, -0.15) is 5.26 Å². The minimum Gasteiger partial charge on any atom is -0.369 e. The summed E-state index contributed by atoms with van der Waals surface area (Å²) in [6, 6.07) is 6.09. The van der Waals surface area contributed by atoms with Crippen LogP contribution in [0.5, 0.6) is 0 Å². The normalized spacial score (nSPS) is 14.5. The molecule has 0 aliphatic heterocycles. The van der Waals surface area contributed by atoms with Crippen LogP contribution < -0.4 is 4.90 Å². The van der Waals surface area contributed by atoms with E-state index in [9.17, 15) is 0 Å².